The van der Waals surface area contributed by atoms with Crippen LogP contribution >= 0.6 is 0 Å². The van der Waals surface area contributed by atoms with Gasteiger partial charge in [-0.25, -0.2) is 0 Å². The van der Waals surface area contributed by atoms with Crippen LogP contribution in [0.2, 0.25) is 0 Å². The van der Waals surface area contributed by atoms with Gasteiger partial charge in [0.05, 0.1) is 17.7 Å². The SMILES string of the molecule is Cc1noc(C)c1COc1ccc(CC(=O)OCC(=O)c2c[nH]c(C(=O)N3CCCC3)c2)cc1. The summed E-state index contributed by atoms with van der Waals surface area (Å²) < 4.78 is 16.0. The number of carbonyl (C=O) groups is 3. The molecule has 178 valence electrons. The maximum atomic E-state index is 12.4. The molecule has 0 radical (unpaired) electrons. The fourth-order valence-electron chi connectivity index (χ4n) is 3.78. The standard InChI is InChI=1S/C25H27N3O6/c1-16-21(17(2)34-27-16)14-32-20-7-5-18(6-8-20)11-24(30)33-15-23(29)19-12-22(26-13-19)25(31)28-9-3-4-10-28/h5-8,12-13,26H,3-4,9-11,14-15H2,1-2H3. The molecule has 0 atom stereocenters. The Hall–Kier alpha value is -3.88. The molecule has 0 bridgehead atoms. The van der Waals surface area contributed by atoms with Crippen molar-refractivity contribution < 1.29 is 28.4 Å². The number of hydrogen-bond acceptors (Lipinski definition) is 7. The van der Waals surface area contributed by atoms with Crippen LogP contribution in [0.1, 0.15) is 56.3 Å². The van der Waals surface area contributed by atoms with E-state index in [9.17, 15) is 14.4 Å². The number of nitrogens with zero attached hydrogens (tertiary/aromatic N) is 2. The summed E-state index contributed by atoms with van der Waals surface area (Å²) in [5, 5.41) is 3.90. The van der Waals surface area contributed by atoms with Crippen molar-refractivity contribution in [3.63, 3.8) is 0 Å². The largest absolute Gasteiger partial charge is 0.489 e. The average molecular weight is 466 g/mol. The Balaban J connectivity index is 1.23. The number of nitrogens with one attached hydrogen (secondary N) is 1. The molecule has 1 saturated heterocycles. The van der Waals surface area contributed by atoms with E-state index in [1.54, 1.807) is 29.2 Å². The fraction of sp³-hybridized carbons (Fsp3) is 0.360. The Kier molecular flexibility index (Phi) is 7.10. The molecular weight excluding hydrogens is 438 g/mol. The van der Waals surface area contributed by atoms with Gasteiger partial charge in [0.1, 0.15) is 23.8 Å². The van der Waals surface area contributed by atoms with Crippen LogP contribution in [0.15, 0.2) is 41.1 Å². The van der Waals surface area contributed by atoms with Gasteiger partial charge in [0, 0.05) is 24.8 Å². The monoisotopic (exact) mass is 465 g/mol. The molecule has 0 saturated carbocycles. The van der Waals surface area contributed by atoms with Crippen molar-refractivity contribution in [1.29, 1.82) is 0 Å². The molecule has 1 aliphatic heterocycles. The highest BCUT2D eigenvalue weighted by Crippen LogP contribution is 2.18. The van der Waals surface area contributed by atoms with E-state index in [4.69, 9.17) is 14.0 Å². The highest BCUT2D eigenvalue weighted by Gasteiger charge is 2.22. The van der Waals surface area contributed by atoms with Crippen LogP contribution in [-0.4, -0.2) is 52.4 Å². The number of carbonyl (C=O) groups excluding carboxylic acids is 3. The minimum Gasteiger partial charge on any atom is -0.489 e. The van der Waals surface area contributed by atoms with Gasteiger partial charge in [-0.15, -0.1) is 0 Å². The van der Waals surface area contributed by atoms with Crippen molar-refractivity contribution in [3.05, 3.63) is 70.4 Å². The quantitative estimate of drug-likeness (QED) is 0.380. The molecular formula is C25H27N3O6. The molecule has 9 nitrogen and oxygen atoms in total. The minimum absolute atomic E-state index is 0.0310. The van der Waals surface area contributed by atoms with Crippen LogP contribution in [0.3, 0.4) is 0 Å². The molecule has 1 N–H and O–H groups in total. The molecule has 3 aromatic rings. The minimum atomic E-state index is -0.512. The third kappa shape index (κ3) is 5.54. The molecule has 0 aliphatic carbocycles. The highest BCUT2D eigenvalue weighted by atomic mass is 16.5. The summed E-state index contributed by atoms with van der Waals surface area (Å²) >= 11 is 0. The number of benzene rings is 1. The number of aryl methyl sites for hydroxylation is 2. The van der Waals surface area contributed by atoms with Crippen molar-refractivity contribution >= 4 is 17.7 Å². The van der Waals surface area contributed by atoms with Crippen LogP contribution in [0.25, 0.3) is 0 Å². The summed E-state index contributed by atoms with van der Waals surface area (Å²) in [4.78, 5) is 41.6. The number of aromatic amines is 1. The predicted molar refractivity (Wildman–Crippen MR) is 122 cm³/mol. The molecule has 0 unspecified atom stereocenters. The molecule has 1 amide bonds. The van der Waals surface area contributed by atoms with E-state index in [1.165, 1.54) is 12.3 Å². The second-order valence-electron chi connectivity index (χ2n) is 8.30. The van der Waals surface area contributed by atoms with Gasteiger partial charge in [-0.1, -0.05) is 17.3 Å². The van der Waals surface area contributed by atoms with Crippen molar-refractivity contribution in [3.8, 4) is 5.75 Å². The van der Waals surface area contributed by atoms with E-state index in [1.807, 2.05) is 13.8 Å². The lowest BCUT2D eigenvalue weighted by Gasteiger charge is -2.13. The average Bonchev–Trinajstić information content (AvgIpc) is 3.59. The molecule has 34 heavy (non-hydrogen) atoms. The lowest BCUT2D eigenvalue weighted by Crippen LogP contribution is -2.27. The normalized spacial score (nSPS) is 13.2. The number of aromatic nitrogens is 2. The van der Waals surface area contributed by atoms with Crippen molar-refractivity contribution in [1.82, 2.24) is 15.0 Å². The summed E-state index contributed by atoms with van der Waals surface area (Å²) in [6, 6.07) is 8.59. The number of ketones is 1. The van der Waals surface area contributed by atoms with Crippen molar-refractivity contribution in [2.45, 2.75) is 39.7 Å². The third-order valence-corrected chi connectivity index (χ3v) is 5.83. The number of ether oxygens (including phenoxy) is 2. The number of Topliss-reactive ketones (excluding diaryl/α,β-unsaturated/α-hetero) is 1. The molecule has 1 fully saturated rings. The Bertz CT molecular complexity index is 1150. The first-order valence-corrected chi connectivity index (χ1v) is 11.2. The Morgan fingerprint density at radius 2 is 1.85 bits per heavy atom. The maximum Gasteiger partial charge on any atom is 0.310 e. The van der Waals surface area contributed by atoms with Gasteiger partial charge in [-0.05, 0) is 50.5 Å². The van der Waals surface area contributed by atoms with Crippen LogP contribution in [0, 0.1) is 13.8 Å². The van der Waals surface area contributed by atoms with E-state index < -0.39 is 5.97 Å². The topological polar surface area (TPSA) is 115 Å². The summed E-state index contributed by atoms with van der Waals surface area (Å²) in [6.45, 7) is 5.11. The Morgan fingerprint density at radius 3 is 2.53 bits per heavy atom. The number of hydrogen-bond donors (Lipinski definition) is 1. The maximum absolute atomic E-state index is 12.4. The molecule has 3 heterocycles. The number of esters is 1. The van der Waals surface area contributed by atoms with Crippen molar-refractivity contribution in [2.24, 2.45) is 0 Å². The molecule has 2 aromatic heterocycles. The zero-order valence-corrected chi connectivity index (χ0v) is 19.3. The van der Waals surface area contributed by atoms with E-state index in [2.05, 4.69) is 10.1 Å². The van der Waals surface area contributed by atoms with Crippen molar-refractivity contribution in [2.75, 3.05) is 19.7 Å². The van der Waals surface area contributed by atoms with Gasteiger partial charge < -0.3 is 23.9 Å². The first-order valence-electron chi connectivity index (χ1n) is 11.2. The first kappa shape index (κ1) is 23.3. The summed E-state index contributed by atoms with van der Waals surface area (Å²) in [5.74, 6) is 0.377. The molecule has 4 rings (SSSR count). The number of H-pyrrole nitrogens is 1. The second kappa shape index (κ2) is 10.4. The van der Waals surface area contributed by atoms with E-state index in [-0.39, 0.29) is 24.7 Å². The van der Waals surface area contributed by atoms with Gasteiger partial charge in [0.15, 0.2) is 6.61 Å². The Morgan fingerprint density at radius 1 is 1.12 bits per heavy atom. The summed E-state index contributed by atoms with van der Waals surface area (Å²) in [6.07, 6.45) is 3.49. The first-order chi connectivity index (χ1) is 16.4. The number of amides is 1. The summed E-state index contributed by atoms with van der Waals surface area (Å²) in [5.41, 5.74) is 3.12. The Labute approximate surface area is 197 Å². The second-order valence-corrected chi connectivity index (χ2v) is 8.30. The zero-order valence-electron chi connectivity index (χ0n) is 19.3. The smallest absolute Gasteiger partial charge is 0.310 e. The van der Waals surface area contributed by atoms with Crippen LogP contribution < -0.4 is 4.74 Å². The van der Waals surface area contributed by atoms with Gasteiger partial charge in [-0.2, -0.15) is 0 Å². The lowest BCUT2D eigenvalue weighted by atomic mass is 10.1. The van der Waals surface area contributed by atoms with Gasteiger partial charge in [-0.3, -0.25) is 14.4 Å². The molecule has 9 heteroatoms. The predicted octanol–water partition coefficient (Wildman–Crippen LogP) is 3.40. The van der Waals surface area contributed by atoms with Gasteiger partial charge in [0.25, 0.3) is 5.91 Å². The molecule has 0 spiro atoms. The number of likely N-dealkylation sites (tertiary alicyclic amines) is 1. The van der Waals surface area contributed by atoms with E-state index >= 15 is 0 Å². The fourth-order valence-corrected chi connectivity index (χ4v) is 3.78. The van der Waals surface area contributed by atoms with Gasteiger partial charge in [0.2, 0.25) is 5.78 Å². The summed E-state index contributed by atoms with van der Waals surface area (Å²) in [7, 11) is 0. The third-order valence-electron chi connectivity index (χ3n) is 5.83. The van der Waals surface area contributed by atoms with Crippen LogP contribution in [0.5, 0.6) is 5.75 Å². The van der Waals surface area contributed by atoms with E-state index in [0.717, 1.165) is 48.5 Å². The number of rotatable bonds is 9. The highest BCUT2D eigenvalue weighted by molar-refractivity contribution is 6.01. The van der Waals surface area contributed by atoms with E-state index in [0.29, 0.717) is 23.6 Å². The van der Waals surface area contributed by atoms with Gasteiger partial charge >= 0.3 is 5.97 Å². The molecule has 1 aliphatic rings. The lowest BCUT2D eigenvalue weighted by molar-refractivity contribution is -0.141. The molecule has 1 aromatic carbocycles. The van der Waals surface area contributed by atoms with Crippen LogP contribution in [0.4, 0.5) is 0 Å². The van der Waals surface area contributed by atoms with Crippen LogP contribution in [-0.2, 0) is 22.6 Å². The zero-order chi connectivity index (χ0) is 24.1.